The van der Waals surface area contributed by atoms with Crippen LogP contribution in [0.4, 0.5) is 0 Å². The Bertz CT molecular complexity index is 1620. The number of phenolic OH excluding ortho intramolecular Hbond substituents is 1. The van der Waals surface area contributed by atoms with E-state index in [9.17, 15) is 14.7 Å². The maximum absolute atomic E-state index is 13.8. The zero-order chi connectivity index (χ0) is 28.1. The molecule has 1 N–H and O–H groups in total. The van der Waals surface area contributed by atoms with Crippen molar-refractivity contribution < 1.29 is 28.8 Å². The number of hydrogen-bond donors (Lipinski definition) is 1. The van der Waals surface area contributed by atoms with Crippen molar-refractivity contribution >= 4 is 23.4 Å². The Morgan fingerprint density at radius 2 is 1.90 bits per heavy atom. The summed E-state index contributed by atoms with van der Waals surface area (Å²) in [5.74, 6) is 0.729. The number of rotatable bonds is 10. The lowest BCUT2D eigenvalue weighted by molar-refractivity contribution is -0.139. The highest BCUT2D eigenvalue weighted by Gasteiger charge is 2.34. The summed E-state index contributed by atoms with van der Waals surface area (Å²) >= 11 is 1.19. The van der Waals surface area contributed by atoms with E-state index in [1.807, 2.05) is 6.92 Å². The van der Waals surface area contributed by atoms with Crippen LogP contribution in [0.25, 0.3) is 6.08 Å². The highest BCUT2D eigenvalue weighted by Crippen LogP contribution is 2.36. The third kappa shape index (κ3) is 5.61. The summed E-state index contributed by atoms with van der Waals surface area (Å²) in [6.45, 7) is 9.85. The average molecular weight is 551 g/mol. The van der Waals surface area contributed by atoms with Gasteiger partial charge in [-0.15, -0.1) is 0 Å². The Labute approximate surface area is 229 Å². The van der Waals surface area contributed by atoms with Gasteiger partial charge in [0.2, 0.25) is 0 Å². The number of esters is 1. The van der Waals surface area contributed by atoms with Crippen LogP contribution in [-0.2, 0) is 9.53 Å². The van der Waals surface area contributed by atoms with Gasteiger partial charge in [-0.25, -0.2) is 9.79 Å². The monoisotopic (exact) mass is 550 g/mol. The molecule has 0 bridgehead atoms. The number of aromatic hydroxyl groups is 1. The van der Waals surface area contributed by atoms with Crippen molar-refractivity contribution in [1.82, 2.24) is 4.57 Å². The van der Waals surface area contributed by atoms with Gasteiger partial charge in [0.15, 0.2) is 27.8 Å². The van der Waals surface area contributed by atoms with E-state index in [2.05, 4.69) is 11.6 Å². The number of nitrogens with zero attached hydrogens (tertiary/aromatic N) is 2. The lowest BCUT2D eigenvalue weighted by atomic mass is 9.95. The second-order valence-corrected chi connectivity index (χ2v) is 9.48. The van der Waals surface area contributed by atoms with E-state index in [0.29, 0.717) is 56.6 Å². The minimum absolute atomic E-state index is 0.0421. The Morgan fingerprint density at radius 3 is 2.56 bits per heavy atom. The zero-order valence-corrected chi connectivity index (χ0v) is 23.0. The van der Waals surface area contributed by atoms with Crippen molar-refractivity contribution in [3.05, 3.63) is 91.1 Å². The molecule has 0 radical (unpaired) electrons. The van der Waals surface area contributed by atoms with Crippen LogP contribution in [0.1, 0.15) is 37.9 Å². The summed E-state index contributed by atoms with van der Waals surface area (Å²) in [4.78, 5) is 32.0. The molecular weight excluding hydrogens is 520 g/mol. The molecular formula is C29H30N2O7S. The van der Waals surface area contributed by atoms with Crippen LogP contribution in [0.15, 0.2) is 70.1 Å². The van der Waals surface area contributed by atoms with Gasteiger partial charge in [-0.3, -0.25) is 9.36 Å². The molecule has 3 aromatic rings. The molecule has 1 aromatic heterocycles. The molecule has 1 aliphatic rings. The number of methoxy groups -OCH3 is 1. The van der Waals surface area contributed by atoms with Crippen LogP contribution in [-0.4, -0.2) is 42.6 Å². The Morgan fingerprint density at radius 1 is 1.13 bits per heavy atom. The summed E-state index contributed by atoms with van der Waals surface area (Å²) in [6.07, 6.45) is 3.30. The summed E-state index contributed by atoms with van der Waals surface area (Å²) < 4.78 is 23.9. The number of hydrogen-bond acceptors (Lipinski definition) is 9. The summed E-state index contributed by atoms with van der Waals surface area (Å²) in [6, 6.07) is 9.37. The maximum Gasteiger partial charge on any atom is 0.338 e. The lowest BCUT2D eigenvalue weighted by Crippen LogP contribution is -2.40. The van der Waals surface area contributed by atoms with Crippen LogP contribution in [0.2, 0.25) is 0 Å². The quantitative estimate of drug-likeness (QED) is 0.304. The first kappa shape index (κ1) is 27.7. The molecule has 39 heavy (non-hydrogen) atoms. The SMILES string of the molecule is C=CCOc1ccc([C@@H]2C(C(=O)OCC)=C(C)N=c3s/c(=C\c4ccc(OC)c(O)c4)c(=O)n32)cc1OCC. The Balaban J connectivity index is 1.92. The maximum atomic E-state index is 13.8. The smallest absolute Gasteiger partial charge is 0.338 e. The third-order valence-electron chi connectivity index (χ3n) is 5.96. The first-order valence-corrected chi connectivity index (χ1v) is 13.2. The van der Waals surface area contributed by atoms with Gasteiger partial charge in [-0.2, -0.15) is 0 Å². The standard InChI is InChI=1S/C29H30N2O7S/c1-6-13-38-22-12-10-19(16-23(22)36-7-2)26-25(28(34)37-8-3)17(4)30-29-31(26)27(33)24(39-29)15-18-9-11-21(35-5)20(32)14-18/h6,9-12,14-16,26,32H,1,7-8,13H2,2-5H3/b24-15-/t26-/m1/s1. The molecule has 0 fully saturated rings. The lowest BCUT2D eigenvalue weighted by Gasteiger charge is -2.25. The van der Waals surface area contributed by atoms with E-state index in [1.54, 1.807) is 56.3 Å². The number of fused-ring (bicyclic) bond motifs is 1. The van der Waals surface area contributed by atoms with Gasteiger partial charge in [0.1, 0.15) is 6.61 Å². The van der Waals surface area contributed by atoms with Gasteiger partial charge < -0.3 is 24.1 Å². The molecule has 2 aromatic carbocycles. The second-order valence-electron chi connectivity index (χ2n) is 8.47. The number of aromatic nitrogens is 1. The molecule has 2 heterocycles. The molecule has 0 saturated heterocycles. The number of ether oxygens (including phenoxy) is 4. The predicted molar refractivity (Wildman–Crippen MR) is 148 cm³/mol. The molecule has 0 amide bonds. The molecule has 204 valence electrons. The summed E-state index contributed by atoms with van der Waals surface area (Å²) in [5.41, 5.74) is 1.63. The van der Waals surface area contributed by atoms with Crippen molar-refractivity contribution in [3.8, 4) is 23.0 Å². The Hall–Kier alpha value is -4.31. The number of thiazole rings is 1. The predicted octanol–water partition coefficient (Wildman–Crippen LogP) is 3.48. The van der Waals surface area contributed by atoms with E-state index in [-0.39, 0.29) is 23.5 Å². The molecule has 1 atom stereocenters. The molecule has 10 heteroatoms. The van der Waals surface area contributed by atoms with Crippen molar-refractivity contribution in [1.29, 1.82) is 0 Å². The molecule has 4 rings (SSSR count). The summed E-state index contributed by atoms with van der Waals surface area (Å²) in [5, 5.41) is 10.2. The van der Waals surface area contributed by atoms with Gasteiger partial charge in [-0.1, -0.05) is 36.1 Å². The van der Waals surface area contributed by atoms with Crippen molar-refractivity contribution in [3.63, 3.8) is 0 Å². The van der Waals surface area contributed by atoms with Gasteiger partial charge in [-0.05, 0) is 62.2 Å². The van der Waals surface area contributed by atoms with Gasteiger partial charge in [0, 0.05) is 0 Å². The van der Waals surface area contributed by atoms with Gasteiger partial charge in [0.25, 0.3) is 5.56 Å². The number of benzene rings is 2. The number of phenols is 1. The fourth-order valence-electron chi connectivity index (χ4n) is 4.29. The fourth-order valence-corrected chi connectivity index (χ4v) is 5.33. The van der Waals surface area contributed by atoms with Crippen LogP contribution < -0.4 is 29.1 Å². The van der Waals surface area contributed by atoms with Crippen molar-refractivity contribution in [2.24, 2.45) is 4.99 Å². The molecule has 0 saturated carbocycles. The fraction of sp³-hybridized carbons (Fsp3) is 0.276. The normalized spacial score (nSPS) is 14.9. The topological polar surface area (TPSA) is 109 Å². The molecule has 1 aliphatic heterocycles. The van der Waals surface area contributed by atoms with E-state index in [1.165, 1.54) is 29.1 Å². The first-order valence-electron chi connectivity index (χ1n) is 12.4. The van der Waals surface area contributed by atoms with Crippen LogP contribution >= 0.6 is 11.3 Å². The minimum atomic E-state index is -0.806. The highest BCUT2D eigenvalue weighted by atomic mass is 32.1. The van der Waals surface area contributed by atoms with E-state index in [4.69, 9.17) is 18.9 Å². The van der Waals surface area contributed by atoms with E-state index in [0.717, 1.165) is 0 Å². The number of carbonyl (C=O) groups is 1. The average Bonchev–Trinajstić information content (AvgIpc) is 3.21. The van der Waals surface area contributed by atoms with Gasteiger partial charge >= 0.3 is 5.97 Å². The third-order valence-corrected chi connectivity index (χ3v) is 6.94. The van der Waals surface area contributed by atoms with Gasteiger partial charge in [0.05, 0.1) is 42.2 Å². The zero-order valence-electron chi connectivity index (χ0n) is 22.2. The largest absolute Gasteiger partial charge is 0.504 e. The Kier molecular flexibility index (Phi) is 8.55. The minimum Gasteiger partial charge on any atom is -0.504 e. The van der Waals surface area contributed by atoms with Crippen molar-refractivity contribution in [2.75, 3.05) is 26.9 Å². The van der Waals surface area contributed by atoms with Crippen molar-refractivity contribution in [2.45, 2.75) is 26.8 Å². The van der Waals surface area contributed by atoms with E-state index >= 15 is 0 Å². The molecule has 0 aliphatic carbocycles. The van der Waals surface area contributed by atoms with Crippen LogP contribution in [0, 0.1) is 0 Å². The van der Waals surface area contributed by atoms with Crippen LogP contribution in [0.3, 0.4) is 0 Å². The second kappa shape index (κ2) is 12.0. The van der Waals surface area contributed by atoms with Crippen LogP contribution in [0.5, 0.6) is 23.0 Å². The molecule has 0 unspecified atom stereocenters. The van der Waals surface area contributed by atoms with E-state index < -0.39 is 12.0 Å². The molecule has 0 spiro atoms. The first-order chi connectivity index (χ1) is 18.8. The highest BCUT2D eigenvalue weighted by molar-refractivity contribution is 7.07. The number of allylic oxidation sites excluding steroid dienone is 1. The molecule has 9 nitrogen and oxygen atoms in total. The summed E-state index contributed by atoms with van der Waals surface area (Å²) in [7, 11) is 1.46. The number of carbonyl (C=O) groups excluding carboxylic acids is 1.